The van der Waals surface area contributed by atoms with Crippen molar-refractivity contribution in [1.29, 1.82) is 0 Å². The Kier molecular flexibility index (Phi) is 9.59. The number of benzene rings is 1. The molecular weight excluding hydrogens is 486 g/mol. The van der Waals surface area contributed by atoms with Crippen molar-refractivity contribution in [2.24, 2.45) is 11.7 Å². The molecule has 3 rings (SSSR count). The minimum absolute atomic E-state index is 0.0429. The topological polar surface area (TPSA) is 122 Å². The molecule has 0 bridgehead atoms. The molecule has 3 atom stereocenters. The summed E-state index contributed by atoms with van der Waals surface area (Å²) in [6.07, 6.45) is 0.357. The summed E-state index contributed by atoms with van der Waals surface area (Å²) in [4.78, 5) is 17.7. The monoisotopic (exact) mass is 521 g/mol. The summed E-state index contributed by atoms with van der Waals surface area (Å²) in [7, 11) is -4.78. The van der Waals surface area contributed by atoms with Crippen LogP contribution in [0.25, 0.3) is 0 Å². The summed E-state index contributed by atoms with van der Waals surface area (Å²) in [5, 5.41) is 9.51. The number of allylic oxidation sites excluding steroid dienone is 1. The van der Waals surface area contributed by atoms with E-state index in [9.17, 15) is 22.8 Å². The summed E-state index contributed by atoms with van der Waals surface area (Å²) < 4.78 is 62.2. The molecule has 2 aliphatic rings. The van der Waals surface area contributed by atoms with Crippen LogP contribution in [0.5, 0.6) is 0 Å². The molecule has 0 saturated heterocycles. The molecule has 198 valence electrons. The molecule has 0 radical (unpaired) electrons. The smallest absolute Gasteiger partial charge is 0.394 e. The maximum absolute atomic E-state index is 13.7. The number of aliphatic hydroxyl groups excluding tert-OH is 1. The molecule has 0 spiro atoms. The Morgan fingerprint density at radius 2 is 1.89 bits per heavy atom. The molecule has 1 aromatic rings. The van der Waals surface area contributed by atoms with Gasteiger partial charge in [0.25, 0.3) is 0 Å². The first-order chi connectivity index (χ1) is 16.4. The average molecular weight is 522 g/mol. The Bertz CT molecular complexity index is 917. The molecular formula is C24H35F3NO6P. The van der Waals surface area contributed by atoms with E-state index in [1.165, 1.54) is 30.0 Å². The molecule has 1 aromatic carbocycles. The Labute approximate surface area is 203 Å². The van der Waals surface area contributed by atoms with Gasteiger partial charge in [-0.1, -0.05) is 30.3 Å². The van der Waals surface area contributed by atoms with E-state index >= 15 is 0 Å². The highest BCUT2D eigenvalue weighted by Gasteiger charge is 2.42. The SMILES string of the molecule is NC(CO)(CCC1C=C(C(F)(F)F)C(OCCCc2cccc(C3CC3)c2)CC1)COP(=O)(O)O. The Morgan fingerprint density at radius 1 is 1.14 bits per heavy atom. The fraction of sp³-hybridized carbons (Fsp3) is 0.667. The number of hydrogen-bond acceptors (Lipinski definition) is 5. The number of aliphatic hydroxyl groups is 1. The molecule has 1 fully saturated rings. The zero-order chi connectivity index (χ0) is 25.7. The third kappa shape index (κ3) is 9.28. The molecule has 1 saturated carbocycles. The average Bonchev–Trinajstić information content (AvgIpc) is 3.64. The predicted molar refractivity (Wildman–Crippen MR) is 125 cm³/mol. The molecule has 0 aromatic heterocycles. The van der Waals surface area contributed by atoms with E-state index in [-0.39, 0.29) is 25.9 Å². The number of alkyl halides is 3. The van der Waals surface area contributed by atoms with Crippen molar-refractivity contribution in [3.63, 3.8) is 0 Å². The summed E-state index contributed by atoms with van der Waals surface area (Å²) in [5.74, 6) is 0.211. The van der Waals surface area contributed by atoms with E-state index in [4.69, 9.17) is 20.3 Å². The van der Waals surface area contributed by atoms with Gasteiger partial charge in [-0.2, -0.15) is 13.2 Å². The van der Waals surface area contributed by atoms with Crippen molar-refractivity contribution in [2.45, 2.75) is 75.1 Å². The van der Waals surface area contributed by atoms with E-state index in [0.717, 1.165) is 6.42 Å². The van der Waals surface area contributed by atoms with Gasteiger partial charge in [0.15, 0.2) is 0 Å². The van der Waals surface area contributed by atoms with Crippen LogP contribution in [0, 0.1) is 5.92 Å². The third-order valence-electron chi connectivity index (χ3n) is 6.67. The summed E-state index contributed by atoms with van der Waals surface area (Å²) in [6.45, 7) is -0.997. The second kappa shape index (κ2) is 11.9. The number of ether oxygens (including phenoxy) is 1. The van der Waals surface area contributed by atoms with Crippen LogP contribution in [0.2, 0.25) is 0 Å². The Hall–Kier alpha value is -1.26. The molecule has 2 aliphatic carbocycles. The first kappa shape index (κ1) is 28.3. The Balaban J connectivity index is 1.51. The fourth-order valence-electron chi connectivity index (χ4n) is 4.45. The lowest BCUT2D eigenvalue weighted by atomic mass is 9.82. The maximum atomic E-state index is 13.7. The highest BCUT2D eigenvalue weighted by atomic mass is 31.2. The number of rotatable bonds is 13. The molecule has 5 N–H and O–H groups in total. The number of aryl methyl sites for hydroxylation is 1. The lowest BCUT2D eigenvalue weighted by Crippen LogP contribution is -2.48. The van der Waals surface area contributed by atoms with Gasteiger partial charge >= 0.3 is 14.0 Å². The fourth-order valence-corrected chi connectivity index (χ4v) is 4.87. The van der Waals surface area contributed by atoms with Gasteiger partial charge in [-0.25, -0.2) is 4.57 Å². The molecule has 0 amide bonds. The maximum Gasteiger partial charge on any atom is 0.469 e. The lowest BCUT2D eigenvalue weighted by molar-refractivity contribution is -0.115. The zero-order valence-electron chi connectivity index (χ0n) is 19.6. The molecule has 0 aliphatic heterocycles. The van der Waals surface area contributed by atoms with Crippen LogP contribution < -0.4 is 5.73 Å². The first-order valence-electron chi connectivity index (χ1n) is 12.0. The molecule has 3 unspecified atom stereocenters. The largest absolute Gasteiger partial charge is 0.469 e. The summed E-state index contributed by atoms with van der Waals surface area (Å²) in [5.41, 5.74) is 6.28. The first-order valence-corrected chi connectivity index (χ1v) is 13.5. The van der Waals surface area contributed by atoms with Gasteiger partial charge in [0.2, 0.25) is 0 Å². The highest BCUT2D eigenvalue weighted by molar-refractivity contribution is 7.46. The van der Waals surface area contributed by atoms with Crippen molar-refractivity contribution >= 4 is 7.82 Å². The normalized spacial score (nSPS) is 23.1. The number of phosphoric ester groups is 1. The van der Waals surface area contributed by atoms with Gasteiger partial charge < -0.3 is 25.4 Å². The molecule has 35 heavy (non-hydrogen) atoms. The van der Waals surface area contributed by atoms with Gasteiger partial charge in [0.1, 0.15) is 0 Å². The highest BCUT2D eigenvalue weighted by Crippen LogP contribution is 2.41. The third-order valence-corrected chi connectivity index (χ3v) is 7.13. The minimum Gasteiger partial charge on any atom is -0.394 e. The van der Waals surface area contributed by atoms with Crippen LogP contribution in [0.15, 0.2) is 35.9 Å². The Morgan fingerprint density at radius 3 is 2.51 bits per heavy atom. The van der Waals surface area contributed by atoms with Crippen molar-refractivity contribution in [2.75, 3.05) is 19.8 Å². The van der Waals surface area contributed by atoms with E-state index in [2.05, 4.69) is 16.7 Å². The number of halogens is 3. The number of phosphoric acid groups is 1. The van der Waals surface area contributed by atoms with Crippen LogP contribution in [0.1, 0.15) is 62.0 Å². The number of hydrogen-bond donors (Lipinski definition) is 4. The van der Waals surface area contributed by atoms with E-state index < -0.39 is 50.3 Å². The second-order valence-corrected chi connectivity index (χ2v) is 11.0. The van der Waals surface area contributed by atoms with Gasteiger partial charge in [-0.05, 0) is 74.3 Å². The number of nitrogens with two attached hydrogens (primary N) is 1. The van der Waals surface area contributed by atoms with Crippen molar-refractivity contribution < 1.29 is 41.9 Å². The van der Waals surface area contributed by atoms with Crippen molar-refractivity contribution in [3.8, 4) is 0 Å². The standard InChI is InChI=1S/C24H35F3NO6P/c25-24(26,27)21-14-18(10-11-23(28,15-29)16-34-35(30,31)32)6-9-22(21)33-12-2-4-17-3-1-5-20(13-17)19-7-8-19/h1,3,5,13-14,18-19,22,29H,2,4,6-12,15-16,28H2,(H2,30,31,32). The summed E-state index contributed by atoms with van der Waals surface area (Å²) in [6, 6.07) is 8.36. The summed E-state index contributed by atoms with van der Waals surface area (Å²) >= 11 is 0. The quantitative estimate of drug-likeness (QED) is 0.173. The van der Waals surface area contributed by atoms with Crippen LogP contribution in [-0.4, -0.2) is 52.5 Å². The molecule has 0 heterocycles. The second-order valence-electron chi connectivity index (χ2n) is 9.76. The zero-order valence-corrected chi connectivity index (χ0v) is 20.5. The predicted octanol–water partition coefficient (Wildman–Crippen LogP) is 4.36. The van der Waals surface area contributed by atoms with Crippen LogP contribution >= 0.6 is 7.82 Å². The van der Waals surface area contributed by atoms with Crippen molar-refractivity contribution in [3.05, 3.63) is 47.0 Å². The van der Waals surface area contributed by atoms with E-state index in [1.807, 2.05) is 12.1 Å². The van der Waals surface area contributed by atoms with E-state index in [0.29, 0.717) is 18.8 Å². The van der Waals surface area contributed by atoms with Crippen LogP contribution in [0.4, 0.5) is 13.2 Å². The van der Waals surface area contributed by atoms with E-state index in [1.54, 1.807) is 0 Å². The molecule has 7 nitrogen and oxygen atoms in total. The molecule has 11 heteroatoms. The van der Waals surface area contributed by atoms with Crippen molar-refractivity contribution in [1.82, 2.24) is 0 Å². The van der Waals surface area contributed by atoms with Gasteiger partial charge in [0.05, 0.1) is 30.4 Å². The van der Waals surface area contributed by atoms with Gasteiger partial charge in [0, 0.05) is 6.61 Å². The van der Waals surface area contributed by atoms with Gasteiger partial charge in [-0.15, -0.1) is 0 Å². The van der Waals surface area contributed by atoms with Gasteiger partial charge in [-0.3, -0.25) is 4.52 Å². The van der Waals surface area contributed by atoms with Crippen LogP contribution in [-0.2, 0) is 20.2 Å². The van der Waals surface area contributed by atoms with Crippen LogP contribution in [0.3, 0.4) is 0 Å². The lowest BCUT2D eigenvalue weighted by Gasteiger charge is -2.32. The minimum atomic E-state index is -4.78.